The first-order chi connectivity index (χ1) is 13.0. The van der Waals surface area contributed by atoms with Crippen LogP contribution in [0.5, 0.6) is 0 Å². The van der Waals surface area contributed by atoms with E-state index in [0.717, 1.165) is 10.9 Å². The van der Waals surface area contributed by atoms with Gasteiger partial charge in [0.05, 0.1) is 24.7 Å². The van der Waals surface area contributed by atoms with Gasteiger partial charge >= 0.3 is 5.97 Å². The summed E-state index contributed by atoms with van der Waals surface area (Å²) >= 11 is 6.11. The number of carbonyl (C=O) groups is 2. The van der Waals surface area contributed by atoms with E-state index in [1.165, 1.54) is 7.11 Å². The molecule has 138 valence electrons. The van der Waals surface area contributed by atoms with Gasteiger partial charge in [-0.15, -0.1) is 0 Å². The van der Waals surface area contributed by atoms with Gasteiger partial charge in [-0.3, -0.25) is 9.59 Å². The number of halogens is 1. The lowest BCUT2D eigenvalue weighted by molar-refractivity contribution is -0.141. The lowest BCUT2D eigenvalue weighted by atomic mass is 10.1. The van der Waals surface area contributed by atoms with Crippen LogP contribution in [0.3, 0.4) is 0 Å². The molecule has 1 amide bonds. The minimum atomic E-state index is -0.432. The number of nitrogens with two attached hydrogens (primary N) is 1. The highest BCUT2D eigenvalue weighted by atomic mass is 35.5. The molecule has 3 rings (SSSR count). The molecule has 0 aliphatic rings. The van der Waals surface area contributed by atoms with Crippen LogP contribution in [0.25, 0.3) is 22.2 Å². The molecule has 0 fully saturated rings. The normalized spacial score (nSPS) is 10.6. The van der Waals surface area contributed by atoms with Crippen molar-refractivity contribution in [3.05, 3.63) is 47.5 Å². The molecule has 0 unspecified atom stereocenters. The Kier molecular flexibility index (Phi) is 5.52. The molecule has 8 heteroatoms. The minimum absolute atomic E-state index is 0.0214. The third-order valence-electron chi connectivity index (χ3n) is 3.88. The van der Waals surface area contributed by atoms with Gasteiger partial charge < -0.3 is 15.8 Å². The van der Waals surface area contributed by atoms with Gasteiger partial charge in [-0.1, -0.05) is 23.7 Å². The first kappa shape index (κ1) is 18.6. The number of nitrogens with one attached hydrogen (secondary N) is 1. The second-order valence-corrected chi connectivity index (χ2v) is 6.23. The minimum Gasteiger partial charge on any atom is -0.469 e. The van der Waals surface area contributed by atoms with Crippen molar-refractivity contribution in [1.82, 2.24) is 9.97 Å². The monoisotopic (exact) mass is 384 g/mol. The van der Waals surface area contributed by atoms with Gasteiger partial charge in [-0.05, 0) is 30.3 Å². The Hall–Kier alpha value is -3.19. The second kappa shape index (κ2) is 8.01. The van der Waals surface area contributed by atoms with Gasteiger partial charge in [-0.2, -0.15) is 0 Å². The molecule has 7 nitrogen and oxygen atoms in total. The molecule has 1 aromatic heterocycles. The number of anilines is 2. The zero-order chi connectivity index (χ0) is 19.4. The molecule has 0 bridgehead atoms. The number of nitrogens with zero attached hydrogens (tertiary/aromatic N) is 2. The molecular formula is C19H17ClN4O3. The molecule has 0 spiro atoms. The molecule has 3 aromatic rings. The number of aromatic nitrogens is 2. The Morgan fingerprint density at radius 1 is 1.15 bits per heavy atom. The van der Waals surface area contributed by atoms with Gasteiger partial charge in [0.15, 0.2) is 0 Å². The van der Waals surface area contributed by atoms with E-state index in [4.69, 9.17) is 17.3 Å². The summed E-state index contributed by atoms with van der Waals surface area (Å²) in [5, 5.41) is 4.07. The van der Waals surface area contributed by atoms with Crippen molar-refractivity contribution in [2.45, 2.75) is 12.8 Å². The highest BCUT2D eigenvalue weighted by Gasteiger charge is 2.11. The summed E-state index contributed by atoms with van der Waals surface area (Å²) in [6.45, 7) is 0. The Bertz CT molecular complexity index is 1020. The lowest BCUT2D eigenvalue weighted by Gasteiger charge is -2.10. The molecular weight excluding hydrogens is 368 g/mol. The van der Waals surface area contributed by atoms with Crippen LogP contribution < -0.4 is 11.1 Å². The third-order valence-corrected chi connectivity index (χ3v) is 4.11. The Labute approximate surface area is 160 Å². The quantitative estimate of drug-likeness (QED) is 0.652. The van der Waals surface area contributed by atoms with Crippen LogP contribution >= 0.6 is 11.6 Å². The number of hydrogen-bond acceptors (Lipinski definition) is 6. The maximum absolute atomic E-state index is 12.0. The Morgan fingerprint density at radius 2 is 1.96 bits per heavy atom. The molecule has 0 saturated heterocycles. The van der Waals surface area contributed by atoms with Crippen LogP contribution in [-0.2, 0) is 14.3 Å². The predicted octanol–water partition coefficient (Wildman–Crippen LogP) is 3.42. The van der Waals surface area contributed by atoms with Crippen molar-refractivity contribution >= 4 is 46.0 Å². The van der Waals surface area contributed by atoms with E-state index >= 15 is 0 Å². The fourth-order valence-corrected chi connectivity index (χ4v) is 2.80. The summed E-state index contributed by atoms with van der Waals surface area (Å²) in [6.07, 6.45) is 0.0590. The number of benzene rings is 2. The van der Waals surface area contributed by atoms with Crippen LogP contribution in [0.2, 0.25) is 5.02 Å². The van der Waals surface area contributed by atoms with Gasteiger partial charge in [0, 0.05) is 28.1 Å². The van der Waals surface area contributed by atoms with Crippen molar-refractivity contribution in [3.63, 3.8) is 0 Å². The summed E-state index contributed by atoms with van der Waals surface area (Å²) in [6, 6.07) is 12.5. The molecule has 3 N–H and O–H groups in total. The van der Waals surface area contributed by atoms with E-state index in [1.807, 2.05) is 6.07 Å². The van der Waals surface area contributed by atoms with Gasteiger partial charge in [0.2, 0.25) is 11.9 Å². The van der Waals surface area contributed by atoms with Crippen molar-refractivity contribution in [1.29, 1.82) is 0 Å². The van der Waals surface area contributed by atoms with Crippen molar-refractivity contribution in [2.75, 3.05) is 18.2 Å². The van der Waals surface area contributed by atoms with Crippen LogP contribution in [0.4, 0.5) is 11.6 Å². The van der Waals surface area contributed by atoms with Gasteiger partial charge in [-0.25, -0.2) is 9.97 Å². The molecule has 0 radical (unpaired) electrons. The predicted molar refractivity (Wildman–Crippen MR) is 104 cm³/mol. The summed E-state index contributed by atoms with van der Waals surface area (Å²) in [4.78, 5) is 31.7. The fourth-order valence-electron chi connectivity index (χ4n) is 2.62. The number of carbonyl (C=O) groups excluding carboxylic acids is 2. The van der Waals surface area contributed by atoms with Crippen LogP contribution in [0.1, 0.15) is 12.8 Å². The molecule has 0 aliphatic carbocycles. The Morgan fingerprint density at radius 3 is 2.74 bits per heavy atom. The summed E-state index contributed by atoms with van der Waals surface area (Å²) in [5.74, 6) is -0.571. The Balaban J connectivity index is 1.90. The molecule has 2 aromatic carbocycles. The fraction of sp³-hybridized carbons (Fsp3) is 0.158. The van der Waals surface area contributed by atoms with Crippen LogP contribution in [-0.4, -0.2) is 29.0 Å². The average molecular weight is 385 g/mol. The largest absolute Gasteiger partial charge is 0.469 e. The topological polar surface area (TPSA) is 107 Å². The maximum Gasteiger partial charge on any atom is 0.306 e. The van der Waals surface area contributed by atoms with E-state index in [9.17, 15) is 9.59 Å². The zero-order valence-electron chi connectivity index (χ0n) is 14.5. The maximum atomic E-state index is 12.0. The summed E-state index contributed by atoms with van der Waals surface area (Å²) < 4.78 is 4.53. The molecule has 0 saturated carbocycles. The molecule has 1 heterocycles. The standard InChI is InChI=1S/C19H17ClN4O3/c1-27-17(26)8-7-16(25)22-13-4-2-3-11(9-13)18-14-10-12(20)5-6-15(14)23-19(21)24-18/h2-6,9-10H,7-8H2,1H3,(H,22,25)(H2,21,23,24). The number of rotatable bonds is 5. The molecule has 0 aliphatic heterocycles. The van der Waals surface area contributed by atoms with E-state index in [0.29, 0.717) is 21.9 Å². The van der Waals surface area contributed by atoms with E-state index < -0.39 is 5.97 Å². The molecule has 27 heavy (non-hydrogen) atoms. The molecule has 0 atom stereocenters. The first-order valence-corrected chi connectivity index (χ1v) is 8.54. The third kappa shape index (κ3) is 4.51. The average Bonchev–Trinajstić information content (AvgIpc) is 2.66. The van der Waals surface area contributed by atoms with Gasteiger partial charge in [0.1, 0.15) is 0 Å². The number of fused-ring (bicyclic) bond motifs is 1. The zero-order valence-corrected chi connectivity index (χ0v) is 15.3. The van der Waals surface area contributed by atoms with Crippen LogP contribution in [0.15, 0.2) is 42.5 Å². The van der Waals surface area contributed by atoms with E-state index in [2.05, 4.69) is 20.0 Å². The highest BCUT2D eigenvalue weighted by Crippen LogP contribution is 2.30. The summed E-state index contributed by atoms with van der Waals surface area (Å²) in [5.41, 5.74) is 8.45. The lowest BCUT2D eigenvalue weighted by Crippen LogP contribution is -2.13. The highest BCUT2D eigenvalue weighted by molar-refractivity contribution is 6.31. The smallest absolute Gasteiger partial charge is 0.306 e. The number of hydrogen-bond donors (Lipinski definition) is 2. The van der Waals surface area contributed by atoms with Crippen molar-refractivity contribution in [2.24, 2.45) is 0 Å². The number of ether oxygens (including phenoxy) is 1. The second-order valence-electron chi connectivity index (χ2n) is 5.80. The first-order valence-electron chi connectivity index (χ1n) is 8.16. The number of amides is 1. The number of nitrogen functional groups attached to an aromatic ring is 1. The SMILES string of the molecule is COC(=O)CCC(=O)Nc1cccc(-c2nc(N)nc3ccc(Cl)cc23)c1. The number of esters is 1. The van der Waals surface area contributed by atoms with Crippen LogP contribution in [0, 0.1) is 0 Å². The van der Waals surface area contributed by atoms with E-state index in [1.54, 1.807) is 36.4 Å². The van der Waals surface area contributed by atoms with E-state index in [-0.39, 0.29) is 24.7 Å². The number of methoxy groups -OCH3 is 1. The van der Waals surface area contributed by atoms with Gasteiger partial charge in [0.25, 0.3) is 0 Å². The van der Waals surface area contributed by atoms with Crippen molar-refractivity contribution in [3.8, 4) is 11.3 Å². The van der Waals surface area contributed by atoms with Crippen molar-refractivity contribution < 1.29 is 14.3 Å². The summed E-state index contributed by atoms with van der Waals surface area (Å²) in [7, 11) is 1.29.